The quantitative estimate of drug-likeness (QED) is 0.120. The third-order valence-corrected chi connectivity index (χ3v) is 13.7. The van der Waals surface area contributed by atoms with Crippen LogP contribution in [-0.4, -0.2) is 94.4 Å². The number of aromatic nitrogens is 5. The minimum atomic E-state index is -0.373. The Hall–Kier alpha value is -6.54. The van der Waals surface area contributed by atoms with Crippen LogP contribution in [0.1, 0.15) is 79.6 Å². The van der Waals surface area contributed by atoms with Crippen molar-refractivity contribution in [2.24, 2.45) is 5.92 Å². The van der Waals surface area contributed by atoms with E-state index in [2.05, 4.69) is 138 Å². The molecule has 14 heteroatoms. The highest BCUT2D eigenvalue weighted by Gasteiger charge is 2.44. The number of anilines is 3. The van der Waals surface area contributed by atoms with Crippen molar-refractivity contribution in [1.29, 1.82) is 0 Å². The number of nitrogens with zero attached hydrogens (tertiary/aromatic N) is 8. The number of fused-ring (bicyclic) bond motifs is 1. The van der Waals surface area contributed by atoms with E-state index in [1.165, 1.54) is 24.2 Å². The minimum Gasteiger partial charge on any atom is -0.372 e. The number of aromatic amines is 1. The van der Waals surface area contributed by atoms with Gasteiger partial charge in [0.25, 0.3) is 0 Å². The number of aryl methyl sites for hydroxylation is 1. The van der Waals surface area contributed by atoms with Gasteiger partial charge in [-0.3, -0.25) is 19.6 Å². The van der Waals surface area contributed by atoms with E-state index in [0.717, 1.165) is 103 Å². The Bertz CT molecular complexity index is 2650. The monoisotopic (exact) mass is 845 g/mol. The van der Waals surface area contributed by atoms with Crippen molar-refractivity contribution >= 4 is 39.9 Å². The molecule has 3 aromatic heterocycles. The Kier molecular flexibility index (Phi) is 10.7. The molecular formula is C49H55N11O3. The van der Waals surface area contributed by atoms with E-state index in [4.69, 9.17) is 9.51 Å². The molecule has 14 nitrogen and oxygen atoms in total. The van der Waals surface area contributed by atoms with Crippen LogP contribution in [0.15, 0.2) is 95.9 Å². The minimum absolute atomic E-state index is 0.000983. The van der Waals surface area contributed by atoms with E-state index in [1.807, 2.05) is 19.2 Å². The highest BCUT2D eigenvalue weighted by Crippen LogP contribution is 2.46. The first kappa shape index (κ1) is 40.5. The number of carbonyl (C=O) groups is 2. The molecule has 4 fully saturated rings. The van der Waals surface area contributed by atoms with Crippen LogP contribution in [0.2, 0.25) is 0 Å². The summed E-state index contributed by atoms with van der Waals surface area (Å²) in [6.45, 7) is 18.3. The molecule has 3 saturated heterocycles. The van der Waals surface area contributed by atoms with Crippen LogP contribution in [0.5, 0.6) is 0 Å². The molecule has 1 atom stereocenters. The normalized spacial score (nSPS) is 18.7. The van der Waals surface area contributed by atoms with Gasteiger partial charge in [-0.25, -0.2) is 4.98 Å². The van der Waals surface area contributed by atoms with Crippen molar-refractivity contribution in [2.75, 3.05) is 67.1 Å². The molecule has 0 spiro atoms. The first-order valence-corrected chi connectivity index (χ1v) is 22.4. The molecule has 324 valence electrons. The fourth-order valence-electron chi connectivity index (χ4n) is 9.46. The maximum Gasteiger partial charge on any atom is 0.315 e. The molecule has 0 radical (unpaired) electrons. The summed E-state index contributed by atoms with van der Waals surface area (Å²) in [5.74, 6) is 1.63. The second kappa shape index (κ2) is 16.6. The fraction of sp³-hybridized carbons (Fsp3) is 0.388. The molecule has 4 aliphatic rings. The van der Waals surface area contributed by atoms with Gasteiger partial charge in [0.15, 0.2) is 11.5 Å². The maximum absolute atomic E-state index is 13.0. The highest BCUT2D eigenvalue weighted by atomic mass is 16.5. The summed E-state index contributed by atoms with van der Waals surface area (Å²) in [5, 5.41) is 18.6. The average Bonchev–Trinajstić information content (AvgIpc) is 3.64. The van der Waals surface area contributed by atoms with Crippen molar-refractivity contribution in [1.82, 2.24) is 40.9 Å². The summed E-state index contributed by atoms with van der Waals surface area (Å²) in [4.78, 5) is 43.5. The standard InChI is InChI=1S/C49H55N11O3/c1-31-27-36(7-14-41(31)32(2)51-46(62)47-53-48(56-63-47)49(4)18-19-49)44-42-28-37(29-50-45(42)55-54-44)35-5-8-38(9-6-35)59-25-23-57(24-26-59)30-34-15-20-58(21-16-34)39-10-12-40(13-11-39)60-22-17-43(61)52-33(60)3/h5-14,27-29,32,34H,3,15-26,30H2,1-2,4H3,(H,51,62)(H,52,61)(H,50,54,55)/t32-/m1/s1. The third kappa shape index (κ3) is 8.39. The summed E-state index contributed by atoms with van der Waals surface area (Å²) in [6, 6.07) is 25.7. The molecule has 3 aromatic carbocycles. The first-order chi connectivity index (χ1) is 30.6. The Morgan fingerprint density at radius 2 is 1.57 bits per heavy atom. The molecule has 3 aliphatic heterocycles. The smallest absolute Gasteiger partial charge is 0.315 e. The Morgan fingerprint density at radius 1 is 0.889 bits per heavy atom. The summed E-state index contributed by atoms with van der Waals surface area (Å²) in [7, 11) is 0. The van der Waals surface area contributed by atoms with Gasteiger partial charge in [0.2, 0.25) is 5.91 Å². The molecule has 10 rings (SSSR count). The van der Waals surface area contributed by atoms with Crippen molar-refractivity contribution in [2.45, 2.75) is 64.3 Å². The van der Waals surface area contributed by atoms with Crippen LogP contribution in [0.4, 0.5) is 17.1 Å². The summed E-state index contributed by atoms with van der Waals surface area (Å²) in [5.41, 5.74) is 10.3. The number of benzene rings is 3. The van der Waals surface area contributed by atoms with Gasteiger partial charge < -0.3 is 29.9 Å². The molecule has 63 heavy (non-hydrogen) atoms. The zero-order valence-electron chi connectivity index (χ0n) is 36.4. The van der Waals surface area contributed by atoms with Gasteiger partial charge in [-0.15, -0.1) is 0 Å². The lowest BCUT2D eigenvalue weighted by molar-refractivity contribution is -0.120. The zero-order chi connectivity index (χ0) is 43.2. The van der Waals surface area contributed by atoms with Crippen LogP contribution in [0, 0.1) is 12.8 Å². The van der Waals surface area contributed by atoms with E-state index < -0.39 is 0 Å². The zero-order valence-corrected chi connectivity index (χ0v) is 36.4. The van der Waals surface area contributed by atoms with E-state index in [0.29, 0.717) is 36.2 Å². The number of carbonyl (C=O) groups excluding carboxylic acids is 2. The fourth-order valence-corrected chi connectivity index (χ4v) is 9.46. The number of hydrogen-bond donors (Lipinski definition) is 3. The van der Waals surface area contributed by atoms with Crippen molar-refractivity contribution < 1.29 is 14.1 Å². The van der Waals surface area contributed by atoms with E-state index in [1.54, 1.807) is 0 Å². The number of amides is 2. The van der Waals surface area contributed by atoms with E-state index >= 15 is 0 Å². The summed E-state index contributed by atoms with van der Waals surface area (Å²) in [6.07, 6.45) is 6.81. The number of piperazine rings is 1. The molecule has 1 aliphatic carbocycles. The van der Waals surface area contributed by atoms with Gasteiger partial charge >= 0.3 is 11.8 Å². The number of hydrogen-bond acceptors (Lipinski definition) is 11. The summed E-state index contributed by atoms with van der Waals surface area (Å²) >= 11 is 0. The van der Waals surface area contributed by atoms with Crippen LogP contribution in [0.25, 0.3) is 33.4 Å². The topological polar surface area (TPSA) is 152 Å². The van der Waals surface area contributed by atoms with Crippen LogP contribution >= 0.6 is 0 Å². The lowest BCUT2D eigenvalue weighted by atomic mass is 9.95. The molecule has 0 unspecified atom stereocenters. The molecule has 6 aromatic rings. The Labute approximate surface area is 367 Å². The van der Waals surface area contributed by atoms with Crippen molar-refractivity contribution in [3.8, 4) is 22.4 Å². The lowest BCUT2D eigenvalue weighted by Crippen LogP contribution is -2.49. The van der Waals surface area contributed by atoms with Crippen molar-refractivity contribution in [3.05, 3.63) is 114 Å². The maximum atomic E-state index is 13.0. The van der Waals surface area contributed by atoms with Gasteiger partial charge in [0.1, 0.15) is 5.82 Å². The molecule has 3 N–H and O–H groups in total. The Morgan fingerprint density at radius 3 is 2.27 bits per heavy atom. The second-order valence-corrected chi connectivity index (χ2v) is 18.1. The van der Waals surface area contributed by atoms with Crippen LogP contribution < -0.4 is 25.3 Å². The van der Waals surface area contributed by atoms with Crippen LogP contribution in [-0.2, 0) is 10.2 Å². The van der Waals surface area contributed by atoms with E-state index in [9.17, 15) is 9.59 Å². The second-order valence-electron chi connectivity index (χ2n) is 18.1. The molecular weight excluding hydrogens is 791 g/mol. The van der Waals surface area contributed by atoms with Gasteiger partial charge in [0.05, 0.1) is 11.7 Å². The largest absolute Gasteiger partial charge is 0.372 e. The van der Waals surface area contributed by atoms with Gasteiger partial charge in [0, 0.05) is 104 Å². The van der Waals surface area contributed by atoms with Gasteiger partial charge in [-0.1, -0.05) is 42.9 Å². The third-order valence-electron chi connectivity index (χ3n) is 13.7. The Balaban J connectivity index is 0.714. The number of rotatable bonds is 11. The van der Waals surface area contributed by atoms with Gasteiger partial charge in [-0.05, 0) is 111 Å². The highest BCUT2D eigenvalue weighted by molar-refractivity contribution is 5.94. The molecule has 6 heterocycles. The van der Waals surface area contributed by atoms with Crippen molar-refractivity contribution in [3.63, 3.8) is 0 Å². The predicted molar refractivity (Wildman–Crippen MR) is 246 cm³/mol. The number of piperidine rings is 1. The van der Waals surface area contributed by atoms with Crippen LogP contribution in [0.3, 0.4) is 0 Å². The average molecular weight is 846 g/mol. The number of pyridine rings is 1. The lowest BCUT2D eigenvalue weighted by Gasteiger charge is -2.40. The van der Waals surface area contributed by atoms with E-state index in [-0.39, 0.29) is 29.2 Å². The SMILES string of the molecule is C=C1NC(=O)CCN1c1ccc(N2CCC(CN3CCN(c4ccc(-c5cnc6n[nH]c(-c7ccc([C@@H](C)NC(=O)c8nc(C9(C)CC9)no8)c(C)c7)c6c5)cc4)CC3)CC2)cc1. The molecule has 0 bridgehead atoms. The molecule has 2 amide bonds. The van der Waals surface area contributed by atoms with Gasteiger partial charge in [-0.2, -0.15) is 10.1 Å². The molecule has 1 saturated carbocycles. The predicted octanol–water partition coefficient (Wildman–Crippen LogP) is 7.36. The number of H-pyrrole nitrogens is 1. The first-order valence-electron chi connectivity index (χ1n) is 22.4. The summed E-state index contributed by atoms with van der Waals surface area (Å²) < 4.78 is 5.29. The number of nitrogens with one attached hydrogen (secondary N) is 3.